The zero-order valence-corrected chi connectivity index (χ0v) is 15.9. The van der Waals surface area contributed by atoms with Crippen molar-refractivity contribution in [1.29, 1.82) is 0 Å². The van der Waals surface area contributed by atoms with Crippen molar-refractivity contribution in [3.05, 3.63) is 83.9 Å². The molecule has 29 heavy (non-hydrogen) atoms. The fourth-order valence-electron chi connectivity index (χ4n) is 3.77. The summed E-state index contributed by atoms with van der Waals surface area (Å²) in [5, 5.41) is 9.55. The molecule has 0 aliphatic carbocycles. The van der Waals surface area contributed by atoms with Gasteiger partial charge in [-0.3, -0.25) is 0 Å². The number of rotatable bonds is 5. The second kappa shape index (κ2) is 8.27. The number of ether oxygens (including phenoxy) is 1. The minimum atomic E-state index is -0.856. The van der Waals surface area contributed by atoms with Gasteiger partial charge in [-0.1, -0.05) is 24.3 Å². The number of anilines is 1. The number of pyridine rings is 1. The van der Waals surface area contributed by atoms with Crippen LogP contribution in [0.5, 0.6) is 0 Å². The quantitative estimate of drug-likeness (QED) is 0.690. The van der Waals surface area contributed by atoms with E-state index < -0.39 is 5.60 Å². The Morgan fingerprint density at radius 2 is 1.79 bits per heavy atom. The van der Waals surface area contributed by atoms with Crippen molar-refractivity contribution >= 4 is 5.82 Å². The molecule has 0 spiro atoms. The molecule has 0 amide bonds. The summed E-state index contributed by atoms with van der Waals surface area (Å²) in [5.74, 6) is 0.117. The van der Waals surface area contributed by atoms with Gasteiger partial charge in [0.15, 0.2) is 0 Å². The van der Waals surface area contributed by atoms with Gasteiger partial charge in [-0.25, -0.2) is 13.8 Å². The van der Waals surface area contributed by atoms with Gasteiger partial charge in [-0.05, 0) is 48.9 Å². The van der Waals surface area contributed by atoms with E-state index in [0.29, 0.717) is 24.9 Å². The van der Waals surface area contributed by atoms with E-state index in [1.807, 2.05) is 23.1 Å². The molecule has 1 N–H and O–H groups in total. The van der Waals surface area contributed by atoms with Crippen molar-refractivity contribution < 1.29 is 18.6 Å². The van der Waals surface area contributed by atoms with Crippen LogP contribution < -0.4 is 4.90 Å². The first-order valence-corrected chi connectivity index (χ1v) is 9.59. The maximum Gasteiger partial charge on any atom is 0.131 e. The molecule has 1 aliphatic rings. The molecule has 2 aromatic carbocycles. The van der Waals surface area contributed by atoms with Crippen LogP contribution in [0.25, 0.3) is 11.3 Å². The number of aliphatic hydroxyl groups excluding tert-OH is 1. The highest BCUT2D eigenvalue weighted by Gasteiger charge is 2.39. The molecule has 1 unspecified atom stereocenters. The fourth-order valence-corrected chi connectivity index (χ4v) is 3.77. The van der Waals surface area contributed by atoms with Crippen molar-refractivity contribution in [2.45, 2.75) is 18.4 Å². The Kier molecular flexibility index (Phi) is 5.56. The number of halogens is 2. The summed E-state index contributed by atoms with van der Waals surface area (Å²) in [6, 6.07) is 18.4. The van der Waals surface area contributed by atoms with Crippen molar-refractivity contribution in [3.8, 4) is 11.3 Å². The van der Waals surface area contributed by atoms with E-state index in [9.17, 15) is 13.9 Å². The van der Waals surface area contributed by atoms with Crippen molar-refractivity contribution in [3.63, 3.8) is 0 Å². The number of hydrogen-bond donors (Lipinski definition) is 1. The van der Waals surface area contributed by atoms with Crippen LogP contribution in [0.2, 0.25) is 0 Å². The first kappa shape index (κ1) is 19.5. The Morgan fingerprint density at radius 1 is 1.00 bits per heavy atom. The Morgan fingerprint density at radius 3 is 2.48 bits per heavy atom. The Bertz CT molecular complexity index is 971. The zero-order valence-electron chi connectivity index (χ0n) is 15.9. The molecule has 4 rings (SSSR count). The third-order valence-corrected chi connectivity index (χ3v) is 5.36. The Hall–Kier alpha value is -2.83. The van der Waals surface area contributed by atoms with Crippen LogP contribution in [0.3, 0.4) is 0 Å². The predicted molar refractivity (Wildman–Crippen MR) is 107 cm³/mol. The van der Waals surface area contributed by atoms with Gasteiger partial charge in [0.1, 0.15) is 29.8 Å². The number of hydrogen-bond acceptors (Lipinski definition) is 4. The summed E-state index contributed by atoms with van der Waals surface area (Å²) >= 11 is 0. The largest absolute Gasteiger partial charge is 0.396 e. The van der Waals surface area contributed by atoms with Gasteiger partial charge >= 0.3 is 0 Å². The molecule has 1 fully saturated rings. The number of nitrogens with zero attached hydrogens (tertiary/aromatic N) is 2. The molecule has 1 saturated heterocycles. The number of aliphatic hydroxyl groups is 1. The molecule has 4 nitrogen and oxygen atoms in total. The molecule has 0 saturated carbocycles. The third kappa shape index (κ3) is 3.99. The van der Waals surface area contributed by atoms with Crippen LogP contribution in [0.15, 0.2) is 66.7 Å². The van der Waals surface area contributed by atoms with E-state index in [0.717, 1.165) is 17.1 Å². The van der Waals surface area contributed by atoms with E-state index in [-0.39, 0.29) is 25.0 Å². The lowest BCUT2D eigenvalue weighted by molar-refractivity contribution is -0.0911. The summed E-state index contributed by atoms with van der Waals surface area (Å²) < 4.78 is 33.7. The van der Waals surface area contributed by atoms with E-state index in [4.69, 9.17) is 4.74 Å². The average molecular weight is 396 g/mol. The van der Waals surface area contributed by atoms with Gasteiger partial charge in [-0.15, -0.1) is 0 Å². The standard InChI is InChI=1S/C23H22F2N2O2/c24-18-10-8-17(9-11-18)21-6-3-7-22(26-21)27-14-12-23(13-15-28,29-16-27)19-4-1-2-5-20(19)25/h1-11,28H,12-16H2. The van der Waals surface area contributed by atoms with Crippen LogP contribution >= 0.6 is 0 Å². The van der Waals surface area contributed by atoms with Crippen molar-refractivity contribution in [2.75, 3.05) is 24.8 Å². The zero-order chi connectivity index (χ0) is 20.3. The molecule has 3 aromatic rings. The summed E-state index contributed by atoms with van der Waals surface area (Å²) in [4.78, 5) is 6.66. The number of benzene rings is 2. The van der Waals surface area contributed by atoms with E-state index in [1.54, 1.807) is 30.3 Å². The topological polar surface area (TPSA) is 45.6 Å². The summed E-state index contributed by atoms with van der Waals surface area (Å²) in [7, 11) is 0. The van der Waals surface area contributed by atoms with Gasteiger partial charge in [0.25, 0.3) is 0 Å². The first-order chi connectivity index (χ1) is 14.1. The summed E-state index contributed by atoms with van der Waals surface area (Å²) in [5.41, 5.74) is 1.18. The van der Waals surface area contributed by atoms with E-state index in [1.165, 1.54) is 18.2 Å². The lowest BCUT2D eigenvalue weighted by Crippen LogP contribution is -2.46. The van der Waals surface area contributed by atoms with Crippen LogP contribution in [-0.2, 0) is 10.3 Å². The average Bonchev–Trinajstić information content (AvgIpc) is 2.75. The van der Waals surface area contributed by atoms with Crippen LogP contribution in [-0.4, -0.2) is 30.0 Å². The van der Waals surface area contributed by atoms with Gasteiger partial charge in [0.2, 0.25) is 0 Å². The van der Waals surface area contributed by atoms with Crippen LogP contribution in [0.1, 0.15) is 18.4 Å². The molecule has 1 atom stereocenters. The normalized spacial score (nSPS) is 19.3. The molecule has 1 aliphatic heterocycles. The van der Waals surface area contributed by atoms with Gasteiger partial charge in [-0.2, -0.15) is 0 Å². The Balaban J connectivity index is 1.55. The molecule has 150 valence electrons. The lowest BCUT2D eigenvalue weighted by Gasteiger charge is -2.42. The summed E-state index contributed by atoms with van der Waals surface area (Å²) in [6.07, 6.45) is 0.849. The molecule has 0 radical (unpaired) electrons. The maximum absolute atomic E-state index is 14.4. The molecule has 6 heteroatoms. The molecule has 2 heterocycles. The van der Waals surface area contributed by atoms with E-state index >= 15 is 0 Å². The minimum Gasteiger partial charge on any atom is -0.396 e. The van der Waals surface area contributed by atoms with Gasteiger partial charge in [0.05, 0.1) is 5.69 Å². The molecule has 0 bridgehead atoms. The summed E-state index contributed by atoms with van der Waals surface area (Å²) in [6.45, 7) is 0.745. The molecule has 1 aromatic heterocycles. The monoisotopic (exact) mass is 396 g/mol. The first-order valence-electron chi connectivity index (χ1n) is 9.59. The lowest BCUT2D eigenvalue weighted by atomic mass is 9.85. The predicted octanol–water partition coefficient (Wildman–Crippen LogP) is 4.49. The van der Waals surface area contributed by atoms with E-state index in [2.05, 4.69) is 4.98 Å². The maximum atomic E-state index is 14.4. The second-order valence-corrected chi connectivity index (χ2v) is 7.12. The van der Waals surface area contributed by atoms with Gasteiger partial charge in [0, 0.05) is 30.7 Å². The highest BCUT2D eigenvalue weighted by Crippen LogP contribution is 2.38. The smallest absolute Gasteiger partial charge is 0.131 e. The van der Waals surface area contributed by atoms with Crippen LogP contribution in [0.4, 0.5) is 14.6 Å². The second-order valence-electron chi connectivity index (χ2n) is 7.12. The molecular weight excluding hydrogens is 374 g/mol. The SMILES string of the molecule is OCCC1(c2ccccc2F)CCN(c2cccc(-c3ccc(F)cc3)n2)CO1. The van der Waals surface area contributed by atoms with Crippen molar-refractivity contribution in [2.24, 2.45) is 0 Å². The highest BCUT2D eigenvalue weighted by molar-refractivity contribution is 5.61. The number of aromatic nitrogens is 1. The Labute approximate surface area is 168 Å². The minimum absolute atomic E-state index is 0.0906. The third-order valence-electron chi connectivity index (χ3n) is 5.36. The fraction of sp³-hybridized carbons (Fsp3) is 0.261. The van der Waals surface area contributed by atoms with Gasteiger partial charge < -0.3 is 14.7 Å². The van der Waals surface area contributed by atoms with Crippen molar-refractivity contribution in [1.82, 2.24) is 4.98 Å². The highest BCUT2D eigenvalue weighted by atomic mass is 19.1. The van der Waals surface area contributed by atoms with Crippen LogP contribution in [0, 0.1) is 11.6 Å². The molecular formula is C23H22F2N2O2.